The molecule has 1 N–H and O–H groups in total. The molecule has 0 aliphatic rings. The van der Waals surface area contributed by atoms with E-state index in [4.69, 9.17) is 21.1 Å². The summed E-state index contributed by atoms with van der Waals surface area (Å²) in [7, 11) is 0. The summed E-state index contributed by atoms with van der Waals surface area (Å²) in [6, 6.07) is 5.63. The first-order valence-corrected chi connectivity index (χ1v) is 4.88. The van der Waals surface area contributed by atoms with Crippen molar-refractivity contribution in [3.05, 3.63) is 35.0 Å². The molecule has 1 aromatic carbocycles. The number of halogens is 1. The van der Waals surface area contributed by atoms with Crippen LogP contribution in [0.1, 0.15) is 18.4 Å². The van der Waals surface area contributed by atoms with E-state index >= 15 is 0 Å². The SMILES string of the molecule is CC(CO)c1coc2c(Cl)cccc12. The van der Waals surface area contributed by atoms with E-state index in [1.54, 1.807) is 12.3 Å². The highest BCUT2D eigenvalue weighted by molar-refractivity contribution is 6.34. The van der Waals surface area contributed by atoms with Crippen LogP contribution >= 0.6 is 11.6 Å². The molecule has 0 spiro atoms. The van der Waals surface area contributed by atoms with Crippen LogP contribution in [0, 0.1) is 0 Å². The molecule has 0 bridgehead atoms. The fourth-order valence-corrected chi connectivity index (χ4v) is 1.74. The van der Waals surface area contributed by atoms with Gasteiger partial charge in [0.2, 0.25) is 0 Å². The lowest BCUT2D eigenvalue weighted by Gasteiger charge is -2.04. The van der Waals surface area contributed by atoms with Crippen LogP contribution in [-0.4, -0.2) is 11.7 Å². The Labute approximate surface area is 87.1 Å². The lowest BCUT2D eigenvalue weighted by Crippen LogP contribution is -1.96. The van der Waals surface area contributed by atoms with Crippen LogP contribution in [-0.2, 0) is 0 Å². The van der Waals surface area contributed by atoms with Crippen molar-refractivity contribution in [3.8, 4) is 0 Å². The number of hydrogen-bond donors (Lipinski definition) is 1. The lowest BCUT2D eigenvalue weighted by atomic mass is 10.0. The van der Waals surface area contributed by atoms with E-state index in [9.17, 15) is 0 Å². The Kier molecular flexibility index (Phi) is 2.48. The van der Waals surface area contributed by atoms with E-state index in [1.807, 2.05) is 19.1 Å². The first-order chi connectivity index (χ1) is 6.74. The molecule has 2 aromatic rings. The summed E-state index contributed by atoms with van der Waals surface area (Å²) in [6.45, 7) is 2.06. The predicted octanol–water partition coefficient (Wildman–Crippen LogP) is 3.18. The van der Waals surface area contributed by atoms with Crippen LogP contribution in [0.4, 0.5) is 0 Å². The zero-order chi connectivity index (χ0) is 10.1. The molecule has 0 aliphatic carbocycles. The third kappa shape index (κ3) is 1.41. The summed E-state index contributed by atoms with van der Waals surface area (Å²) in [5.74, 6) is 0.0784. The maximum atomic E-state index is 9.06. The molecule has 14 heavy (non-hydrogen) atoms. The second-order valence-corrected chi connectivity index (χ2v) is 3.80. The molecule has 1 heterocycles. The smallest absolute Gasteiger partial charge is 0.152 e. The molecular weight excluding hydrogens is 200 g/mol. The van der Waals surface area contributed by atoms with E-state index < -0.39 is 0 Å². The van der Waals surface area contributed by atoms with Gasteiger partial charge in [-0.2, -0.15) is 0 Å². The van der Waals surface area contributed by atoms with Gasteiger partial charge < -0.3 is 9.52 Å². The molecule has 2 nitrogen and oxygen atoms in total. The first kappa shape index (κ1) is 9.56. The maximum Gasteiger partial charge on any atom is 0.152 e. The molecule has 1 atom stereocenters. The van der Waals surface area contributed by atoms with Crippen molar-refractivity contribution in [3.63, 3.8) is 0 Å². The van der Waals surface area contributed by atoms with Crippen molar-refractivity contribution in [1.29, 1.82) is 0 Å². The Balaban J connectivity index is 2.63. The van der Waals surface area contributed by atoms with E-state index in [0.29, 0.717) is 10.6 Å². The Morgan fingerprint density at radius 1 is 1.50 bits per heavy atom. The molecule has 3 heteroatoms. The Hall–Kier alpha value is -0.990. The van der Waals surface area contributed by atoms with Gasteiger partial charge in [0.15, 0.2) is 5.58 Å². The summed E-state index contributed by atoms with van der Waals surface area (Å²) < 4.78 is 5.36. The molecule has 0 saturated heterocycles. The second-order valence-electron chi connectivity index (χ2n) is 3.39. The molecule has 1 unspecified atom stereocenters. The van der Waals surface area contributed by atoms with Crippen molar-refractivity contribution < 1.29 is 9.52 Å². The Bertz CT molecular complexity index is 447. The minimum Gasteiger partial charge on any atom is -0.462 e. The van der Waals surface area contributed by atoms with Gasteiger partial charge in [-0.25, -0.2) is 0 Å². The van der Waals surface area contributed by atoms with Crippen molar-refractivity contribution >= 4 is 22.6 Å². The van der Waals surface area contributed by atoms with Crippen LogP contribution in [0.5, 0.6) is 0 Å². The summed E-state index contributed by atoms with van der Waals surface area (Å²) in [5, 5.41) is 10.7. The van der Waals surface area contributed by atoms with Crippen molar-refractivity contribution in [1.82, 2.24) is 0 Å². The zero-order valence-corrected chi connectivity index (χ0v) is 8.58. The summed E-state index contributed by atoms with van der Waals surface area (Å²) in [4.78, 5) is 0. The largest absolute Gasteiger partial charge is 0.462 e. The van der Waals surface area contributed by atoms with Gasteiger partial charge in [-0.3, -0.25) is 0 Å². The molecule has 1 aromatic heterocycles. The number of hydrogen-bond acceptors (Lipinski definition) is 2. The average molecular weight is 211 g/mol. The first-order valence-electron chi connectivity index (χ1n) is 4.50. The number of aliphatic hydroxyl groups is 1. The monoisotopic (exact) mass is 210 g/mol. The summed E-state index contributed by atoms with van der Waals surface area (Å²) >= 11 is 5.96. The van der Waals surface area contributed by atoms with E-state index in [0.717, 1.165) is 10.9 Å². The highest BCUT2D eigenvalue weighted by atomic mass is 35.5. The van der Waals surface area contributed by atoms with Gasteiger partial charge in [0.1, 0.15) is 0 Å². The second kappa shape index (κ2) is 3.64. The van der Waals surface area contributed by atoms with Gasteiger partial charge in [-0.15, -0.1) is 0 Å². The molecule has 0 saturated carbocycles. The quantitative estimate of drug-likeness (QED) is 0.826. The fraction of sp³-hybridized carbons (Fsp3) is 0.273. The highest BCUT2D eigenvalue weighted by Gasteiger charge is 2.13. The zero-order valence-electron chi connectivity index (χ0n) is 7.83. The topological polar surface area (TPSA) is 33.4 Å². The molecule has 0 radical (unpaired) electrons. The number of aliphatic hydroxyl groups excluding tert-OH is 1. The van der Waals surface area contributed by atoms with E-state index in [2.05, 4.69) is 0 Å². The molecule has 74 valence electrons. The number of fused-ring (bicyclic) bond motifs is 1. The van der Waals surface area contributed by atoms with Crippen LogP contribution in [0.25, 0.3) is 11.0 Å². The van der Waals surface area contributed by atoms with Crippen molar-refractivity contribution in [2.75, 3.05) is 6.61 Å². The average Bonchev–Trinajstić information content (AvgIpc) is 2.62. The minimum absolute atomic E-state index is 0.0784. The predicted molar refractivity (Wildman–Crippen MR) is 56.7 cm³/mol. The normalized spacial score (nSPS) is 13.4. The minimum atomic E-state index is 0.0784. The number of rotatable bonds is 2. The van der Waals surface area contributed by atoms with Crippen LogP contribution in [0.15, 0.2) is 28.9 Å². The van der Waals surface area contributed by atoms with Gasteiger partial charge in [0.25, 0.3) is 0 Å². The van der Waals surface area contributed by atoms with Gasteiger partial charge in [0, 0.05) is 23.5 Å². The standard InChI is InChI=1S/C11H11ClO2/c1-7(5-13)9-6-14-11-8(9)3-2-4-10(11)12/h2-4,6-7,13H,5H2,1H3. The molecule has 0 amide bonds. The maximum absolute atomic E-state index is 9.06. The van der Waals surface area contributed by atoms with Crippen LogP contribution in [0.3, 0.4) is 0 Å². The van der Waals surface area contributed by atoms with Crippen molar-refractivity contribution in [2.24, 2.45) is 0 Å². The van der Waals surface area contributed by atoms with Gasteiger partial charge in [0.05, 0.1) is 11.3 Å². The molecule has 0 aliphatic heterocycles. The molecule has 0 fully saturated rings. The van der Waals surface area contributed by atoms with Gasteiger partial charge in [-0.05, 0) is 6.07 Å². The van der Waals surface area contributed by atoms with E-state index in [-0.39, 0.29) is 12.5 Å². The molecule has 2 rings (SSSR count). The lowest BCUT2D eigenvalue weighted by molar-refractivity contribution is 0.273. The fourth-order valence-electron chi connectivity index (χ4n) is 1.52. The van der Waals surface area contributed by atoms with Crippen LogP contribution in [0.2, 0.25) is 5.02 Å². The highest BCUT2D eigenvalue weighted by Crippen LogP contribution is 2.31. The summed E-state index contributed by atoms with van der Waals surface area (Å²) in [6.07, 6.45) is 1.66. The van der Waals surface area contributed by atoms with Gasteiger partial charge in [-0.1, -0.05) is 30.7 Å². The van der Waals surface area contributed by atoms with E-state index in [1.165, 1.54) is 0 Å². The third-order valence-electron chi connectivity index (χ3n) is 2.39. The molecular formula is C11H11ClO2. The van der Waals surface area contributed by atoms with Crippen LogP contribution < -0.4 is 0 Å². The summed E-state index contributed by atoms with van der Waals surface area (Å²) in [5.41, 5.74) is 1.70. The Morgan fingerprint density at radius 3 is 3.00 bits per heavy atom. The van der Waals surface area contributed by atoms with Gasteiger partial charge >= 0.3 is 0 Å². The number of benzene rings is 1. The van der Waals surface area contributed by atoms with Crippen molar-refractivity contribution in [2.45, 2.75) is 12.8 Å². The third-order valence-corrected chi connectivity index (χ3v) is 2.68. The Morgan fingerprint density at radius 2 is 2.29 bits per heavy atom. The number of furan rings is 1. The number of para-hydroxylation sites is 1.